The molecule has 152 valence electrons. The maximum Gasteiger partial charge on any atom is 0.337 e. The lowest BCUT2D eigenvalue weighted by atomic mass is 9.90. The monoisotopic (exact) mass is 395 g/mol. The lowest BCUT2D eigenvalue weighted by Gasteiger charge is -2.16. The van der Waals surface area contributed by atoms with Gasteiger partial charge in [-0.2, -0.15) is 0 Å². The summed E-state index contributed by atoms with van der Waals surface area (Å²) in [5, 5.41) is 10.2. The first-order chi connectivity index (χ1) is 13.8. The molecule has 0 fully saturated rings. The highest BCUT2D eigenvalue weighted by atomic mass is 16.5. The Kier molecular flexibility index (Phi) is 5.92. The number of carbonyl (C=O) groups is 2. The van der Waals surface area contributed by atoms with E-state index in [4.69, 9.17) is 9.47 Å². The highest BCUT2D eigenvalue weighted by Gasteiger charge is 2.20. The molecule has 29 heavy (non-hydrogen) atoms. The van der Waals surface area contributed by atoms with E-state index in [1.54, 1.807) is 26.2 Å². The van der Waals surface area contributed by atoms with Gasteiger partial charge in [-0.15, -0.1) is 0 Å². The molecule has 6 heteroatoms. The number of hydrogen-bond donors (Lipinski definition) is 2. The molecule has 0 aliphatic rings. The number of aromatic nitrogens is 1. The second-order valence-corrected chi connectivity index (χ2v) is 7.24. The Hall–Kier alpha value is -3.28. The number of carboxylic acid groups (broad SMARTS) is 1. The summed E-state index contributed by atoms with van der Waals surface area (Å²) >= 11 is 0. The molecule has 0 bridgehead atoms. The zero-order valence-corrected chi connectivity index (χ0v) is 17.0. The van der Waals surface area contributed by atoms with Gasteiger partial charge in [-0.1, -0.05) is 26.0 Å². The van der Waals surface area contributed by atoms with Gasteiger partial charge in [0.05, 0.1) is 25.7 Å². The minimum Gasteiger partial charge on any atom is -0.496 e. The van der Waals surface area contributed by atoms with Crippen molar-refractivity contribution in [3.05, 3.63) is 64.8 Å². The number of esters is 1. The fraction of sp³-hybridized carbons (Fsp3) is 0.304. The number of benzene rings is 2. The lowest BCUT2D eigenvalue weighted by molar-refractivity contribution is -0.141. The van der Waals surface area contributed by atoms with Crippen LogP contribution >= 0.6 is 0 Å². The van der Waals surface area contributed by atoms with Crippen LogP contribution in [0.3, 0.4) is 0 Å². The lowest BCUT2D eigenvalue weighted by Crippen LogP contribution is -2.12. The molecule has 0 saturated carbocycles. The van der Waals surface area contributed by atoms with Gasteiger partial charge in [-0.25, -0.2) is 4.79 Å². The third-order valence-corrected chi connectivity index (χ3v) is 5.33. The first-order valence-electron chi connectivity index (χ1n) is 9.44. The second-order valence-electron chi connectivity index (χ2n) is 7.24. The van der Waals surface area contributed by atoms with Crippen molar-refractivity contribution in [3.8, 4) is 5.75 Å². The van der Waals surface area contributed by atoms with Crippen molar-refractivity contribution >= 4 is 22.8 Å². The minimum absolute atomic E-state index is 0.00227. The first kappa shape index (κ1) is 20.5. The fourth-order valence-electron chi connectivity index (χ4n) is 3.60. The summed E-state index contributed by atoms with van der Waals surface area (Å²) in [6, 6.07) is 11.3. The Morgan fingerprint density at radius 3 is 2.48 bits per heavy atom. The highest BCUT2D eigenvalue weighted by molar-refractivity contribution is 5.90. The van der Waals surface area contributed by atoms with Crippen molar-refractivity contribution < 1.29 is 24.2 Å². The predicted octanol–water partition coefficient (Wildman–Crippen LogP) is 4.38. The van der Waals surface area contributed by atoms with E-state index < -0.39 is 17.9 Å². The number of nitrogens with one attached hydrogen (secondary N) is 1. The smallest absolute Gasteiger partial charge is 0.337 e. The topological polar surface area (TPSA) is 88.6 Å². The van der Waals surface area contributed by atoms with Crippen molar-refractivity contribution in [2.45, 2.75) is 26.2 Å². The molecule has 2 N–H and O–H groups in total. The zero-order chi connectivity index (χ0) is 21.1. The van der Waals surface area contributed by atoms with Gasteiger partial charge >= 0.3 is 11.9 Å². The van der Waals surface area contributed by atoms with Crippen LogP contribution in [0.2, 0.25) is 0 Å². The van der Waals surface area contributed by atoms with E-state index in [0.717, 1.165) is 27.6 Å². The molecule has 2 atom stereocenters. The van der Waals surface area contributed by atoms with E-state index in [1.165, 1.54) is 7.11 Å². The van der Waals surface area contributed by atoms with Crippen molar-refractivity contribution in [1.29, 1.82) is 0 Å². The summed E-state index contributed by atoms with van der Waals surface area (Å²) in [6.07, 6.45) is 2.44. The molecule has 2 aromatic carbocycles. The van der Waals surface area contributed by atoms with Gasteiger partial charge in [0.1, 0.15) is 5.75 Å². The van der Waals surface area contributed by atoms with Crippen molar-refractivity contribution in [2.24, 2.45) is 5.92 Å². The van der Waals surface area contributed by atoms with Crippen molar-refractivity contribution in [2.75, 3.05) is 14.2 Å². The van der Waals surface area contributed by atoms with E-state index in [-0.39, 0.29) is 5.92 Å². The number of rotatable bonds is 7. The van der Waals surface area contributed by atoms with Gasteiger partial charge < -0.3 is 19.6 Å². The van der Waals surface area contributed by atoms with Crippen LogP contribution in [0.5, 0.6) is 5.75 Å². The van der Waals surface area contributed by atoms with Crippen molar-refractivity contribution in [1.82, 2.24) is 4.98 Å². The number of carbonyl (C=O) groups excluding carboxylic acids is 1. The molecule has 1 aromatic heterocycles. The maximum atomic E-state index is 11.8. The molecule has 0 spiro atoms. The third kappa shape index (κ3) is 4.11. The largest absolute Gasteiger partial charge is 0.496 e. The fourth-order valence-corrected chi connectivity index (χ4v) is 3.60. The van der Waals surface area contributed by atoms with Crippen LogP contribution in [0.15, 0.2) is 42.6 Å². The minimum atomic E-state index is -0.803. The molecule has 6 nitrogen and oxygen atoms in total. The molecule has 1 heterocycles. The molecule has 0 aliphatic heterocycles. The van der Waals surface area contributed by atoms with Crippen LogP contribution in [0.4, 0.5) is 0 Å². The normalized spacial score (nSPS) is 13.1. The summed E-state index contributed by atoms with van der Waals surface area (Å²) in [5.41, 5.74) is 4.43. The number of fused-ring (bicyclic) bond motifs is 1. The van der Waals surface area contributed by atoms with Gasteiger partial charge in [0.25, 0.3) is 0 Å². The first-order valence-corrected chi connectivity index (χ1v) is 9.44. The Morgan fingerprint density at radius 2 is 1.83 bits per heavy atom. The van der Waals surface area contributed by atoms with Crippen molar-refractivity contribution in [3.63, 3.8) is 0 Å². The highest BCUT2D eigenvalue weighted by Crippen LogP contribution is 2.36. The van der Waals surface area contributed by atoms with Gasteiger partial charge in [0.15, 0.2) is 0 Å². The second kappa shape index (κ2) is 8.39. The van der Waals surface area contributed by atoms with Crippen LogP contribution in [-0.4, -0.2) is 36.2 Å². The Bertz CT molecular complexity index is 1050. The molecule has 3 aromatic rings. The Balaban J connectivity index is 1.99. The molecule has 2 unspecified atom stereocenters. The van der Waals surface area contributed by atoms with Gasteiger partial charge in [-0.05, 0) is 41.8 Å². The molecule has 0 radical (unpaired) electrons. The molecule has 0 saturated heterocycles. The van der Waals surface area contributed by atoms with E-state index in [9.17, 15) is 14.7 Å². The van der Waals surface area contributed by atoms with E-state index in [2.05, 4.69) is 11.9 Å². The summed E-state index contributed by atoms with van der Waals surface area (Å²) in [4.78, 5) is 26.3. The summed E-state index contributed by atoms with van der Waals surface area (Å²) < 4.78 is 10.3. The molecule has 3 rings (SSSR count). The summed E-state index contributed by atoms with van der Waals surface area (Å²) in [7, 11) is 2.92. The van der Waals surface area contributed by atoms with Crippen LogP contribution < -0.4 is 4.74 Å². The SMILES string of the molecule is COC(=O)c1ccc(C(C)c2c[nH]c3ccc(CC(C)C(=O)O)cc23)c(OC)c1. The Morgan fingerprint density at radius 1 is 1.07 bits per heavy atom. The predicted molar refractivity (Wildman–Crippen MR) is 111 cm³/mol. The number of ether oxygens (including phenoxy) is 2. The molecular weight excluding hydrogens is 370 g/mol. The van der Waals surface area contributed by atoms with Gasteiger partial charge in [-0.3, -0.25) is 4.79 Å². The van der Waals surface area contributed by atoms with Crippen LogP contribution in [0, 0.1) is 5.92 Å². The maximum absolute atomic E-state index is 11.8. The summed E-state index contributed by atoms with van der Waals surface area (Å²) in [5.74, 6) is -1.05. The van der Waals surface area contributed by atoms with Crippen LogP contribution in [-0.2, 0) is 16.0 Å². The van der Waals surface area contributed by atoms with E-state index in [1.807, 2.05) is 30.5 Å². The number of methoxy groups -OCH3 is 2. The van der Waals surface area contributed by atoms with Crippen LogP contribution in [0.1, 0.15) is 46.8 Å². The standard InChI is InChI=1S/C23H25NO5/c1-13(22(25)26)9-15-5-8-20-18(10-15)19(12-24-20)14(2)17-7-6-16(23(27)29-4)11-21(17)28-3/h5-8,10-14,24H,9H2,1-4H3,(H,25,26). The number of aromatic amines is 1. The zero-order valence-electron chi connectivity index (χ0n) is 17.0. The average molecular weight is 395 g/mol. The van der Waals surface area contributed by atoms with Gasteiger partial charge in [0.2, 0.25) is 0 Å². The third-order valence-electron chi connectivity index (χ3n) is 5.33. The quantitative estimate of drug-likeness (QED) is 0.580. The number of aliphatic carboxylic acids is 1. The van der Waals surface area contributed by atoms with Gasteiger partial charge in [0, 0.05) is 28.6 Å². The Labute approximate surface area is 169 Å². The number of hydrogen-bond acceptors (Lipinski definition) is 4. The molecular formula is C23H25NO5. The van der Waals surface area contributed by atoms with E-state index >= 15 is 0 Å². The number of H-pyrrole nitrogens is 1. The van der Waals surface area contributed by atoms with E-state index in [0.29, 0.717) is 17.7 Å². The number of carboxylic acids is 1. The summed E-state index contributed by atoms with van der Waals surface area (Å²) in [6.45, 7) is 3.78. The average Bonchev–Trinajstić information content (AvgIpc) is 3.15. The molecule has 0 amide bonds. The molecule has 0 aliphatic carbocycles. The van der Waals surface area contributed by atoms with Crippen LogP contribution in [0.25, 0.3) is 10.9 Å².